The van der Waals surface area contributed by atoms with E-state index in [0.29, 0.717) is 0 Å². The summed E-state index contributed by atoms with van der Waals surface area (Å²) >= 11 is 3.73. The second-order valence-electron chi connectivity index (χ2n) is 4.70. The van der Waals surface area contributed by atoms with Gasteiger partial charge in [0.25, 0.3) is 0 Å². The zero-order valence-corrected chi connectivity index (χ0v) is 14.6. The third-order valence-electron chi connectivity index (χ3n) is 2.87. The molecule has 0 N–H and O–H groups in total. The average molecular weight is 448 g/mol. The summed E-state index contributed by atoms with van der Waals surface area (Å²) in [4.78, 5) is 0. The summed E-state index contributed by atoms with van der Waals surface area (Å²) < 4.78 is 25.7. The number of alkyl halides is 4. The van der Waals surface area contributed by atoms with Crippen LogP contribution in [0.5, 0.6) is 0 Å². The zero-order chi connectivity index (χ0) is 12.0. The number of rotatable bonds is 3. The standard InChI is InChI=1S/C9H17F2I2P/c1-6(2,8(5,11)12)9(13,14)7(3,4)10/h14H2,1-5H3. The van der Waals surface area contributed by atoms with Gasteiger partial charge < -0.3 is 0 Å². The first-order valence-corrected chi connectivity index (χ1v) is 7.03. The molecule has 0 saturated heterocycles. The lowest BCUT2D eigenvalue weighted by Crippen LogP contribution is -2.54. The first-order chi connectivity index (χ1) is 5.75. The fraction of sp³-hybridized carbons (Fsp3) is 1.00. The highest BCUT2D eigenvalue weighted by atomic mass is 127. The lowest BCUT2D eigenvalue weighted by Gasteiger charge is -2.49. The molecule has 0 aliphatic heterocycles. The van der Waals surface area contributed by atoms with E-state index in [9.17, 15) is 8.78 Å². The zero-order valence-electron chi connectivity index (χ0n) is 9.09. The van der Waals surface area contributed by atoms with E-state index < -0.39 is 17.9 Å². The van der Waals surface area contributed by atoms with Crippen molar-refractivity contribution >= 4 is 54.4 Å². The van der Waals surface area contributed by atoms with Gasteiger partial charge in [0.1, 0.15) is 5.67 Å². The van der Waals surface area contributed by atoms with E-state index in [1.54, 1.807) is 36.4 Å². The lowest BCUT2D eigenvalue weighted by atomic mass is 9.78. The first-order valence-electron chi connectivity index (χ1n) is 4.29. The van der Waals surface area contributed by atoms with Crippen molar-refractivity contribution in [2.75, 3.05) is 0 Å². The van der Waals surface area contributed by atoms with Crippen LogP contribution >= 0.6 is 54.4 Å². The smallest absolute Gasteiger partial charge is 0.165 e. The van der Waals surface area contributed by atoms with Crippen LogP contribution in [0, 0.1) is 5.41 Å². The molecular weight excluding hydrogens is 431 g/mol. The Morgan fingerprint density at radius 3 is 1.29 bits per heavy atom. The summed E-state index contributed by atoms with van der Waals surface area (Å²) in [6, 6.07) is 0. The molecule has 86 valence electrons. The van der Waals surface area contributed by atoms with E-state index in [1.807, 2.05) is 22.6 Å². The van der Waals surface area contributed by atoms with Crippen molar-refractivity contribution < 1.29 is 8.78 Å². The fourth-order valence-corrected chi connectivity index (χ4v) is 3.08. The van der Waals surface area contributed by atoms with E-state index in [1.165, 1.54) is 20.8 Å². The third kappa shape index (κ3) is 2.70. The molecular formula is C9H17F2I2P. The fourth-order valence-electron chi connectivity index (χ4n) is 1.06. The third-order valence-corrected chi connectivity index (χ3v) is 8.26. The Hall–Kier alpha value is 1.75. The maximum absolute atomic E-state index is 14.0. The molecule has 14 heavy (non-hydrogen) atoms. The van der Waals surface area contributed by atoms with Crippen LogP contribution in [-0.2, 0) is 0 Å². The second-order valence-corrected chi connectivity index (χ2v) is 10.5. The minimum absolute atomic E-state index is 0.788. The molecule has 0 nitrogen and oxygen atoms in total. The van der Waals surface area contributed by atoms with Crippen molar-refractivity contribution in [3.63, 3.8) is 0 Å². The Balaban J connectivity index is 5.30. The summed E-state index contributed by atoms with van der Waals surface area (Å²) in [5.41, 5.74) is -2.25. The average Bonchev–Trinajstić information content (AvgIpc) is 1.81. The highest BCUT2D eigenvalue weighted by Crippen LogP contribution is 2.60. The van der Waals surface area contributed by atoms with Crippen molar-refractivity contribution in [2.24, 2.45) is 5.41 Å². The van der Waals surface area contributed by atoms with Gasteiger partial charge in [0.05, 0.1) is 3.16 Å². The molecule has 0 fully saturated rings. The van der Waals surface area contributed by atoms with Gasteiger partial charge in [-0.05, 0) is 43.4 Å². The minimum atomic E-state index is -1.46. The van der Waals surface area contributed by atoms with Gasteiger partial charge in [0, 0.05) is 5.41 Å². The summed E-state index contributed by atoms with van der Waals surface area (Å²) in [7, 11) is 2.46. The maximum atomic E-state index is 14.0. The van der Waals surface area contributed by atoms with Crippen LogP contribution in [0.25, 0.3) is 0 Å². The van der Waals surface area contributed by atoms with E-state index in [-0.39, 0.29) is 0 Å². The molecule has 0 radical (unpaired) electrons. The molecule has 0 aromatic carbocycles. The number of halogens is 4. The molecule has 0 amide bonds. The van der Waals surface area contributed by atoms with Gasteiger partial charge in [0.15, 0.2) is 3.68 Å². The van der Waals surface area contributed by atoms with Crippen molar-refractivity contribution in [3.05, 3.63) is 0 Å². The summed E-state index contributed by atoms with van der Waals surface area (Å²) in [5, 5.41) is 0. The van der Waals surface area contributed by atoms with Crippen molar-refractivity contribution in [1.29, 1.82) is 0 Å². The monoisotopic (exact) mass is 448 g/mol. The molecule has 0 spiro atoms. The van der Waals surface area contributed by atoms with Crippen LogP contribution in [-0.4, -0.2) is 12.5 Å². The Labute approximate surface area is 115 Å². The van der Waals surface area contributed by atoms with Crippen LogP contribution in [0.4, 0.5) is 8.78 Å². The van der Waals surface area contributed by atoms with Crippen LogP contribution in [0.3, 0.4) is 0 Å². The van der Waals surface area contributed by atoms with E-state index in [0.717, 1.165) is 0 Å². The van der Waals surface area contributed by atoms with E-state index >= 15 is 0 Å². The molecule has 5 heteroatoms. The predicted octanol–water partition coefficient (Wildman–Crippen LogP) is 4.89. The molecule has 0 aliphatic rings. The molecule has 0 aliphatic carbocycles. The maximum Gasteiger partial charge on any atom is 0.165 e. The van der Waals surface area contributed by atoms with Crippen molar-refractivity contribution in [3.8, 4) is 0 Å². The van der Waals surface area contributed by atoms with Crippen molar-refractivity contribution in [1.82, 2.24) is 0 Å². The van der Waals surface area contributed by atoms with Crippen LogP contribution in [0.2, 0.25) is 0 Å². The highest BCUT2D eigenvalue weighted by Gasteiger charge is 2.58. The molecule has 3 atom stereocenters. The van der Waals surface area contributed by atoms with Crippen LogP contribution < -0.4 is 0 Å². The number of hydrogen-bond donors (Lipinski definition) is 0. The van der Waals surface area contributed by atoms with Crippen molar-refractivity contribution in [2.45, 2.75) is 47.1 Å². The van der Waals surface area contributed by atoms with Gasteiger partial charge in [-0.15, -0.1) is 9.24 Å². The van der Waals surface area contributed by atoms with E-state index in [2.05, 4.69) is 9.24 Å². The lowest BCUT2D eigenvalue weighted by molar-refractivity contribution is 0.0611. The molecule has 3 unspecified atom stereocenters. The Bertz CT molecular complexity index is 190. The molecule has 0 bridgehead atoms. The molecule has 0 aromatic heterocycles. The van der Waals surface area contributed by atoms with Gasteiger partial charge >= 0.3 is 0 Å². The highest BCUT2D eigenvalue weighted by molar-refractivity contribution is 14.1. The number of hydrogen-bond acceptors (Lipinski definition) is 0. The SMILES string of the molecule is CC(C)(F)C(P)(I)C(C)(C)C(C)(F)I. The molecule has 0 rings (SSSR count). The first kappa shape index (κ1) is 15.8. The van der Waals surface area contributed by atoms with Gasteiger partial charge in [-0.3, -0.25) is 0 Å². The van der Waals surface area contributed by atoms with Crippen LogP contribution in [0.1, 0.15) is 34.6 Å². The molecule has 0 aromatic rings. The second kappa shape index (κ2) is 4.21. The normalized spacial score (nSPS) is 22.7. The summed E-state index contributed by atoms with van der Waals surface area (Å²) in [6.07, 6.45) is 0. The molecule has 0 heterocycles. The van der Waals surface area contributed by atoms with Crippen LogP contribution in [0.15, 0.2) is 0 Å². The largest absolute Gasteiger partial charge is 0.243 e. The summed E-state index contributed by atoms with van der Waals surface area (Å²) in [6.45, 7) is 7.95. The van der Waals surface area contributed by atoms with Gasteiger partial charge in [-0.25, -0.2) is 8.78 Å². The van der Waals surface area contributed by atoms with E-state index in [4.69, 9.17) is 0 Å². The topological polar surface area (TPSA) is 0 Å². The molecule has 0 saturated carbocycles. The Morgan fingerprint density at radius 2 is 1.21 bits per heavy atom. The van der Waals surface area contributed by atoms with Gasteiger partial charge in [-0.1, -0.05) is 36.4 Å². The summed E-state index contributed by atoms with van der Waals surface area (Å²) in [5.74, 6) is 0. The minimum Gasteiger partial charge on any atom is -0.243 e. The Kier molecular flexibility index (Phi) is 4.73. The Morgan fingerprint density at radius 1 is 0.929 bits per heavy atom. The van der Waals surface area contributed by atoms with Gasteiger partial charge in [0.2, 0.25) is 0 Å². The van der Waals surface area contributed by atoms with Gasteiger partial charge in [-0.2, -0.15) is 0 Å². The predicted molar refractivity (Wildman–Crippen MR) is 79.0 cm³/mol. The quantitative estimate of drug-likeness (QED) is 0.328.